The summed E-state index contributed by atoms with van der Waals surface area (Å²) in [5, 5.41) is 0.668. The maximum atomic E-state index is 12.1. The lowest BCUT2D eigenvalue weighted by Gasteiger charge is -2.34. The van der Waals surface area contributed by atoms with Gasteiger partial charge in [-0.1, -0.05) is 66.9 Å². The van der Waals surface area contributed by atoms with Crippen molar-refractivity contribution in [3.8, 4) is 16.9 Å². The van der Waals surface area contributed by atoms with Crippen molar-refractivity contribution in [1.82, 2.24) is 9.55 Å². The standard InChI is InChI=1S/C35H34ClN3O2/c1-35(2,30-21-25(34(37)40)15-20-28(30)23-11-16-26(36)17-12-23)41-27-18-13-24(14-19-27)29-7-3-5-9-32(29)39-22-38-31-8-4-6-10-33(31)39/h4,6,8,10-22,29,32H,3,5,7,9H2,1-2H3,(H2,37,40). The number of primary amides is 1. The SMILES string of the molecule is CC(C)(Oc1ccc(C2CCCCC2n2cnc3ccccc32)cc1)c1cc(C(N)=O)ccc1-c1ccc(Cl)cc1. The Balaban J connectivity index is 1.29. The Kier molecular flexibility index (Phi) is 7.31. The zero-order valence-corrected chi connectivity index (χ0v) is 24.1. The summed E-state index contributed by atoms with van der Waals surface area (Å²) in [5.41, 5.74) is 11.7. The molecule has 0 aliphatic heterocycles. The third kappa shape index (κ3) is 5.47. The molecule has 1 amide bonds. The summed E-state index contributed by atoms with van der Waals surface area (Å²) in [7, 11) is 0. The van der Waals surface area contributed by atoms with Crippen LogP contribution in [-0.2, 0) is 5.60 Å². The quantitative estimate of drug-likeness (QED) is 0.215. The van der Waals surface area contributed by atoms with Crippen LogP contribution in [0.4, 0.5) is 0 Å². The minimum Gasteiger partial charge on any atom is -0.483 e. The van der Waals surface area contributed by atoms with E-state index >= 15 is 0 Å². The normalized spacial score (nSPS) is 17.4. The number of hydrogen-bond donors (Lipinski definition) is 1. The minimum atomic E-state index is -0.745. The van der Waals surface area contributed by atoms with Gasteiger partial charge in [0.2, 0.25) is 5.91 Å². The van der Waals surface area contributed by atoms with Crippen molar-refractivity contribution in [1.29, 1.82) is 0 Å². The second kappa shape index (κ2) is 11.1. The molecule has 4 aromatic carbocycles. The van der Waals surface area contributed by atoms with Crippen LogP contribution >= 0.6 is 11.6 Å². The lowest BCUT2D eigenvalue weighted by Crippen LogP contribution is -2.27. The number of imidazole rings is 1. The van der Waals surface area contributed by atoms with Crippen LogP contribution in [-0.4, -0.2) is 15.5 Å². The van der Waals surface area contributed by atoms with Gasteiger partial charge < -0.3 is 15.0 Å². The average molecular weight is 564 g/mol. The zero-order valence-electron chi connectivity index (χ0n) is 23.4. The number of benzene rings is 4. The van der Waals surface area contributed by atoms with E-state index in [1.165, 1.54) is 23.9 Å². The highest BCUT2D eigenvalue weighted by atomic mass is 35.5. The predicted molar refractivity (Wildman–Crippen MR) is 165 cm³/mol. The fraction of sp³-hybridized carbons (Fsp3) is 0.257. The summed E-state index contributed by atoms with van der Waals surface area (Å²) >= 11 is 6.15. The van der Waals surface area contributed by atoms with Gasteiger partial charge in [-0.15, -0.1) is 0 Å². The largest absolute Gasteiger partial charge is 0.483 e. The first-order valence-electron chi connectivity index (χ1n) is 14.2. The Bertz CT molecular complexity index is 1690. The molecular formula is C35H34ClN3O2. The van der Waals surface area contributed by atoms with Gasteiger partial charge >= 0.3 is 0 Å². The average Bonchev–Trinajstić information content (AvgIpc) is 3.42. The van der Waals surface area contributed by atoms with E-state index in [1.54, 1.807) is 6.07 Å². The molecule has 2 unspecified atom stereocenters. The lowest BCUT2D eigenvalue weighted by molar-refractivity contribution is 0.0997. The molecule has 0 bridgehead atoms. The molecule has 0 radical (unpaired) electrons. The van der Waals surface area contributed by atoms with E-state index in [2.05, 4.69) is 52.0 Å². The molecule has 0 spiro atoms. The number of aromatic nitrogens is 2. The number of rotatable bonds is 7. The zero-order chi connectivity index (χ0) is 28.6. The van der Waals surface area contributed by atoms with Crippen molar-refractivity contribution < 1.29 is 9.53 Å². The minimum absolute atomic E-state index is 0.373. The summed E-state index contributed by atoms with van der Waals surface area (Å²) in [6.07, 6.45) is 6.74. The molecule has 0 saturated heterocycles. The number of nitrogens with zero attached hydrogens (tertiary/aromatic N) is 2. The van der Waals surface area contributed by atoms with Crippen molar-refractivity contribution in [2.24, 2.45) is 5.73 Å². The van der Waals surface area contributed by atoms with E-state index < -0.39 is 11.5 Å². The second-order valence-electron chi connectivity index (χ2n) is 11.4. The number of carbonyl (C=O) groups is 1. The fourth-order valence-corrected chi connectivity index (χ4v) is 6.41. The molecule has 6 heteroatoms. The van der Waals surface area contributed by atoms with Crippen LogP contribution in [0.15, 0.2) is 97.3 Å². The third-order valence-corrected chi connectivity index (χ3v) is 8.61. The number of hydrogen-bond acceptors (Lipinski definition) is 3. The highest BCUT2D eigenvalue weighted by molar-refractivity contribution is 6.30. The number of amides is 1. The summed E-state index contributed by atoms with van der Waals surface area (Å²) in [6, 6.07) is 30.5. The second-order valence-corrected chi connectivity index (χ2v) is 11.8. The molecule has 1 aliphatic carbocycles. The Hall–Kier alpha value is -4.09. The fourth-order valence-electron chi connectivity index (χ4n) is 6.29. The van der Waals surface area contributed by atoms with Crippen LogP contribution < -0.4 is 10.5 Å². The summed E-state index contributed by atoms with van der Waals surface area (Å²) in [5.74, 6) is 0.708. The van der Waals surface area contributed by atoms with Gasteiger partial charge in [0.05, 0.1) is 17.4 Å². The van der Waals surface area contributed by atoms with Crippen molar-refractivity contribution in [2.75, 3.05) is 0 Å². The predicted octanol–water partition coefficient (Wildman–Crippen LogP) is 8.67. The molecule has 6 rings (SSSR count). The topological polar surface area (TPSA) is 70.1 Å². The first-order chi connectivity index (χ1) is 19.8. The summed E-state index contributed by atoms with van der Waals surface area (Å²) in [6.45, 7) is 4.03. The molecule has 1 aliphatic rings. The van der Waals surface area contributed by atoms with Gasteiger partial charge in [-0.3, -0.25) is 4.79 Å². The van der Waals surface area contributed by atoms with Crippen molar-refractivity contribution >= 4 is 28.5 Å². The highest BCUT2D eigenvalue weighted by Gasteiger charge is 2.30. The van der Waals surface area contributed by atoms with Gasteiger partial charge in [-0.25, -0.2) is 4.98 Å². The van der Waals surface area contributed by atoms with E-state index in [9.17, 15) is 4.79 Å². The van der Waals surface area contributed by atoms with Crippen LogP contribution in [0.3, 0.4) is 0 Å². The molecule has 1 aromatic heterocycles. The third-order valence-electron chi connectivity index (χ3n) is 8.36. The Labute approximate surface area is 245 Å². The Morgan fingerprint density at radius 1 is 0.951 bits per heavy atom. The Morgan fingerprint density at radius 2 is 1.68 bits per heavy atom. The van der Waals surface area contributed by atoms with Crippen LogP contribution in [0.2, 0.25) is 5.02 Å². The van der Waals surface area contributed by atoms with Gasteiger partial charge in [0.25, 0.3) is 0 Å². The van der Waals surface area contributed by atoms with Crippen molar-refractivity contribution in [3.05, 3.63) is 119 Å². The molecule has 5 aromatic rings. The first kappa shape index (κ1) is 27.1. The Morgan fingerprint density at radius 3 is 2.44 bits per heavy atom. The van der Waals surface area contributed by atoms with E-state index in [1.807, 2.05) is 62.6 Å². The van der Waals surface area contributed by atoms with Crippen molar-refractivity contribution in [3.63, 3.8) is 0 Å². The molecule has 41 heavy (non-hydrogen) atoms. The van der Waals surface area contributed by atoms with Crippen LogP contribution in [0.25, 0.3) is 22.2 Å². The van der Waals surface area contributed by atoms with Crippen LogP contribution in [0.5, 0.6) is 5.75 Å². The number of carbonyl (C=O) groups excluding carboxylic acids is 1. The molecule has 2 atom stereocenters. The highest BCUT2D eigenvalue weighted by Crippen LogP contribution is 2.43. The summed E-state index contributed by atoms with van der Waals surface area (Å²) in [4.78, 5) is 16.7. The maximum absolute atomic E-state index is 12.1. The molecule has 208 valence electrons. The number of ether oxygens (including phenoxy) is 1. The number of nitrogens with two attached hydrogens (primary N) is 1. The van der Waals surface area contributed by atoms with E-state index in [0.29, 0.717) is 22.5 Å². The molecule has 2 N–H and O–H groups in total. The van der Waals surface area contributed by atoms with Crippen molar-refractivity contribution in [2.45, 2.75) is 57.1 Å². The monoisotopic (exact) mass is 563 g/mol. The van der Waals surface area contributed by atoms with Gasteiger partial charge in [-0.2, -0.15) is 0 Å². The van der Waals surface area contributed by atoms with Gasteiger partial charge in [0.15, 0.2) is 0 Å². The first-order valence-corrected chi connectivity index (χ1v) is 14.6. The van der Waals surface area contributed by atoms with E-state index in [0.717, 1.165) is 40.8 Å². The number of para-hydroxylation sites is 2. The lowest BCUT2D eigenvalue weighted by atomic mass is 9.79. The van der Waals surface area contributed by atoms with Crippen LogP contribution in [0, 0.1) is 0 Å². The van der Waals surface area contributed by atoms with Gasteiger partial charge in [0.1, 0.15) is 11.4 Å². The number of halogens is 1. The maximum Gasteiger partial charge on any atom is 0.248 e. The van der Waals surface area contributed by atoms with Gasteiger partial charge in [0, 0.05) is 28.1 Å². The smallest absolute Gasteiger partial charge is 0.248 e. The number of fused-ring (bicyclic) bond motifs is 1. The van der Waals surface area contributed by atoms with Crippen LogP contribution in [0.1, 0.15) is 73.0 Å². The summed E-state index contributed by atoms with van der Waals surface area (Å²) < 4.78 is 8.99. The molecular weight excluding hydrogens is 530 g/mol. The molecule has 1 heterocycles. The van der Waals surface area contributed by atoms with E-state index in [4.69, 9.17) is 22.1 Å². The van der Waals surface area contributed by atoms with Gasteiger partial charge in [-0.05, 0) is 91.9 Å². The van der Waals surface area contributed by atoms with E-state index in [-0.39, 0.29) is 0 Å². The molecule has 1 fully saturated rings. The molecule has 1 saturated carbocycles. The molecule has 5 nitrogen and oxygen atoms in total.